The second-order valence-electron chi connectivity index (χ2n) is 7.38. The molecule has 4 heteroatoms. The smallest absolute Gasteiger partial charge is 0.224 e. The Hall–Kier alpha value is -0.610. The van der Waals surface area contributed by atoms with Crippen LogP contribution < -0.4 is 5.73 Å². The maximum Gasteiger partial charge on any atom is 0.224 e. The van der Waals surface area contributed by atoms with Crippen molar-refractivity contribution in [2.75, 3.05) is 32.7 Å². The highest BCUT2D eigenvalue weighted by Gasteiger charge is 2.33. The van der Waals surface area contributed by atoms with Crippen molar-refractivity contribution in [2.45, 2.75) is 57.4 Å². The number of carbonyl (C=O) groups excluding carboxylic acids is 1. The lowest BCUT2D eigenvalue weighted by atomic mass is 10.1. The average molecular weight is 293 g/mol. The van der Waals surface area contributed by atoms with Crippen LogP contribution in [0.25, 0.3) is 0 Å². The van der Waals surface area contributed by atoms with E-state index >= 15 is 0 Å². The maximum atomic E-state index is 12.5. The van der Waals surface area contributed by atoms with Crippen molar-refractivity contribution in [1.82, 2.24) is 9.80 Å². The van der Waals surface area contributed by atoms with Crippen molar-refractivity contribution >= 4 is 5.91 Å². The van der Waals surface area contributed by atoms with Crippen LogP contribution in [0.1, 0.15) is 51.4 Å². The monoisotopic (exact) mass is 293 g/mol. The van der Waals surface area contributed by atoms with Gasteiger partial charge in [-0.1, -0.05) is 0 Å². The molecule has 3 rings (SSSR count). The number of hydrogen-bond acceptors (Lipinski definition) is 3. The van der Waals surface area contributed by atoms with Gasteiger partial charge in [-0.15, -0.1) is 0 Å². The van der Waals surface area contributed by atoms with E-state index in [9.17, 15) is 4.79 Å². The molecule has 3 fully saturated rings. The van der Waals surface area contributed by atoms with E-state index in [4.69, 9.17) is 5.73 Å². The van der Waals surface area contributed by atoms with Crippen LogP contribution in [0.5, 0.6) is 0 Å². The molecule has 0 bridgehead atoms. The molecular formula is C17H31N3O. The Labute approximate surface area is 129 Å². The molecular weight excluding hydrogens is 262 g/mol. The van der Waals surface area contributed by atoms with Gasteiger partial charge in [-0.05, 0) is 56.8 Å². The summed E-state index contributed by atoms with van der Waals surface area (Å²) in [5.41, 5.74) is 6.03. The number of amides is 1. The van der Waals surface area contributed by atoms with Crippen molar-refractivity contribution in [3.63, 3.8) is 0 Å². The Morgan fingerprint density at radius 1 is 1.05 bits per heavy atom. The minimum atomic E-state index is 0.264. The Morgan fingerprint density at radius 2 is 1.62 bits per heavy atom. The van der Waals surface area contributed by atoms with Gasteiger partial charge >= 0.3 is 0 Å². The second-order valence-corrected chi connectivity index (χ2v) is 7.38. The van der Waals surface area contributed by atoms with E-state index in [1.165, 1.54) is 58.0 Å². The van der Waals surface area contributed by atoms with E-state index in [-0.39, 0.29) is 6.04 Å². The van der Waals surface area contributed by atoms with Crippen molar-refractivity contribution in [1.29, 1.82) is 0 Å². The predicted octanol–water partition coefficient (Wildman–Crippen LogP) is 1.84. The van der Waals surface area contributed by atoms with Crippen molar-refractivity contribution in [3.05, 3.63) is 0 Å². The molecule has 21 heavy (non-hydrogen) atoms. The van der Waals surface area contributed by atoms with Crippen LogP contribution in [0, 0.1) is 11.8 Å². The minimum absolute atomic E-state index is 0.264. The summed E-state index contributed by atoms with van der Waals surface area (Å²) in [4.78, 5) is 17.1. The molecule has 0 aromatic heterocycles. The molecule has 0 aromatic carbocycles. The third-order valence-corrected chi connectivity index (χ3v) is 5.29. The van der Waals surface area contributed by atoms with Crippen molar-refractivity contribution in [2.24, 2.45) is 17.6 Å². The largest absolute Gasteiger partial charge is 0.343 e. The highest BCUT2D eigenvalue weighted by Crippen LogP contribution is 2.34. The first kappa shape index (κ1) is 15.3. The number of piperidine rings is 1. The fourth-order valence-corrected chi connectivity index (χ4v) is 3.47. The van der Waals surface area contributed by atoms with E-state index in [1.807, 2.05) is 0 Å². The molecule has 1 saturated heterocycles. The normalized spacial score (nSPS) is 24.4. The van der Waals surface area contributed by atoms with Gasteiger partial charge in [0, 0.05) is 45.2 Å². The summed E-state index contributed by atoms with van der Waals surface area (Å²) in [6.45, 7) is 4.89. The molecule has 0 spiro atoms. The van der Waals surface area contributed by atoms with Crippen LogP contribution >= 0.6 is 0 Å². The molecule has 1 unspecified atom stereocenters. The van der Waals surface area contributed by atoms with Crippen molar-refractivity contribution < 1.29 is 4.79 Å². The van der Waals surface area contributed by atoms with Crippen LogP contribution in [-0.4, -0.2) is 54.5 Å². The molecule has 1 amide bonds. The lowest BCUT2D eigenvalue weighted by Crippen LogP contribution is -2.47. The molecule has 2 N–H and O–H groups in total. The van der Waals surface area contributed by atoms with Gasteiger partial charge in [-0.25, -0.2) is 0 Å². The first-order chi connectivity index (χ1) is 10.3. The zero-order chi connectivity index (χ0) is 14.7. The summed E-state index contributed by atoms with van der Waals surface area (Å²) in [5.74, 6) is 2.09. The standard InChI is InChI=1S/C17H31N3O/c18-11-16(10-17(21)19-8-2-1-3-9-19)20(12-14-4-5-14)13-15-6-7-15/h14-16H,1-13,18H2. The van der Waals surface area contributed by atoms with Gasteiger partial charge in [0.05, 0.1) is 0 Å². The summed E-state index contributed by atoms with van der Waals surface area (Å²) in [5, 5.41) is 0. The molecule has 1 aliphatic heterocycles. The van der Waals surface area contributed by atoms with E-state index in [0.29, 0.717) is 18.9 Å². The van der Waals surface area contributed by atoms with Gasteiger partial charge in [0.15, 0.2) is 0 Å². The van der Waals surface area contributed by atoms with Gasteiger partial charge in [-0.2, -0.15) is 0 Å². The van der Waals surface area contributed by atoms with Crippen LogP contribution in [0.15, 0.2) is 0 Å². The molecule has 3 aliphatic rings. The first-order valence-corrected chi connectivity index (χ1v) is 8.98. The van der Waals surface area contributed by atoms with E-state index in [2.05, 4.69) is 9.80 Å². The number of rotatable bonds is 8. The molecule has 0 radical (unpaired) electrons. The lowest BCUT2D eigenvalue weighted by molar-refractivity contribution is -0.133. The highest BCUT2D eigenvalue weighted by atomic mass is 16.2. The zero-order valence-corrected chi connectivity index (χ0v) is 13.3. The fourth-order valence-electron chi connectivity index (χ4n) is 3.47. The molecule has 1 heterocycles. The Morgan fingerprint density at radius 3 is 2.10 bits per heavy atom. The number of nitrogens with zero attached hydrogens (tertiary/aromatic N) is 2. The third-order valence-electron chi connectivity index (χ3n) is 5.29. The predicted molar refractivity (Wildman–Crippen MR) is 84.9 cm³/mol. The van der Waals surface area contributed by atoms with Crippen LogP contribution in [0.4, 0.5) is 0 Å². The second kappa shape index (κ2) is 7.10. The quantitative estimate of drug-likeness (QED) is 0.743. The average Bonchev–Trinajstić information content (AvgIpc) is 3.41. The molecule has 120 valence electrons. The fraction of sp³-hybridized carbons (Fsp3) is 0.941. The van der Waals surface area contributed by atoms with E-state index in [1.54, 1.807) is 0 Å². The SMILES string of the molecule is NCC(CC(=O)N1CCCCC1)N(CC1CC1)CC1CC1. The van der Waals surface area contributed by atoms with Crippen LogP contribution in [-0.2, 0) is 4.79 Å². The van der Waals surface area contributed by atoms with Gasteiger partial charge in [-0.3, -0.25) is 9.69 Å². The number of likely N-dealkylation sites (tertiary alicyclic amines) is 1. The highest BCUT2D eigenvalue weighted by molar-refractivity contribution is 5.77. The molecule has 4 nitrogen and oxygen atoms in total. The summed E-state index contributed by atoms with van der Waals surface area (Å²) in [6, 6.07) is 0.264. The molecule has 1 atom stereocenters. The Kier molecular flexibility index (Phi) is 5.17. The van der Waals surface area contributed by atoms with E-state index in [0.717, 1.165) is 24.9 Å². The van der Waals surface area contributed by atoms with Crippen molar-refractivity contribution in [3.8, 4) is 0 Å². The Balaban J connectivity index is 1.53. The minimum Gasteiger partial charge on any atom is -0.343 e. The summed E-state index contributed by atoms with van der Waals surface area (Å²) >= 11 is 0. The van der Waals surface area contributed by atoms with Crippen LogP contribution in [0.3, 0.4) is 0 Å². The molecule has 0 aromatic rings. The number of carbonyl (C=O) groups is 1. The zero-order valence-electron chi connectivity index (χ0n) is 13.3. The topological polar surface area (TPSA) is 49.6 Å². The number of nitrogens with two attached hydrogens (primary N) is 1. The van der Waals surface area contributed by atoms with E-state index < -0.39 is 0 Å². The number of hydrogen-bond donors (Lipinski definition) is 1. The van der Waals surface area contributed by atoms with Gasteiger partial charge in [0.2, 0.25) is 5.91 Å². The first-order valence-electron chi connectivity index (χ1n) is 8.98. The van der Waals surface area contributed by atoms with Gasteiger partial charge in [0.25, 0.3) is 0 Å². The third kappa shape index (κ3) is 4.68. The maximum absolute atomic E-state index is 12.5. The van der Waals surface area contributed by atoms with Crippen LogP contribution in [0.2, 0.25) is 0 Å². The van der Waals surface area contributed by atoms with Gasteiger partial charge < -0.3 is 10.6 Å². The summed E-state index contributed by atoms with van der Waals surface area (Å²) in [7, 11) is 0. The molecule has 2 saturated carbocycles. The lowest BCUT2D eigenvalue weighted by Gasteiger charge is -2.33. The Bertz CT molecular complexity index is 332. The summed E-state index contributed by atoms with van der Waals surface area (Å²) < 4.78 is 0. The summed E-state index contributed by atoms with van der Waals surface area (Å²) in [6.07, 6.45) is 9.75. The molecule has 2 aliphatic carbocycles. The van der Waals surface area contributed by atoms with Gasteiger partial charge in [0.1, 0.15) is 0 Å².